The zero-order chi connectivity index (χ0) is 15.5. The second-order valence-corrected chi connectivity index (χ2v) is 5.24. The first-order chi connectivity index (χ1) is 10.7. The lowest BCUT2D eigenvalue weighted by Gasteiger charge is -2.17. The van der Waals surface area contributed by atoms with Gasteiger partial charge in [-0.05, 0) is 36.0 Å². The summed E-state index contributed by atoms with van der Waals surface area (Å²) in [5, 5.41) is 17.5. The lowest BCUT2D eigenvalue weighted by atomic mass is 10.3. The Labute approximate surface area is 130 Å². The van der Waals surface area contributed by atoms with Crippen LogP contribution in [0.4, 0.5) is 0 Å². The van der Waals surface area contributed by atoms with Crippen LogP contribution in [0.1, 0.15) is 5.82 Å². The van der Waals surface area contributed by atoms with Gasteiger partial charge in [0, 0.05) is 0 Å². The average Bonchev–Trinajstić information content (AvgIpc) is 2.94. The smallest absolute Gasteiger partial charge is 0.216 e. The fourth-order valence-corrected chi connectivity index (χ4v) is 2.50. The zero-order valence-corrected chi connectivity index (χ0v) is 12.4. The molecule has 9 heteroatoms. The van der Waals surface area contributed by atoms with Crippen LogP contribution in [0.3, 0.4) is 0 Å². The Morgan fingerprint density at radius 3 is 2.73 bits per heavy atom. The lowest BCUT2D eigenvalue weighted by molar-refractivity contribution is 0.290. The summed E-state index contributed by atoms with van der Waals surface area (Å²) in [5.41, 5.74) is 8.64. The van der Waals surface area contributed by atoms with Crippen molar-refractivity contribution in [3.63, 3.8) is 0 Å². The molecule has 1 aromatic heterocycles. The van der Waals surface area contributed by atoms with Crippen LogP contribution in [0, 0.1) is 11.3 Å². The maximum absolute atomic E-state index is 8.95. The number of nitrogens with zero attached hydrogens (tertiary/aromatic N) is 4. The summed E-state index contributed by atoms with van der Waals surface area (Å²) in [6.45, 7) is 0.210. The minimum Gasteiger partial charge on any atom is -0.497 e. The van der Waals surface area contributed by atoms with Crippen molar-refractivity contribution in [3.05, 3.63) is 40.8 Å². The van der Waals surface area contributed by atoms with Crippen molar-refractivity contribution in [2.75, 3.05) is 12.5 Å². The Kier molecular flexibility index (Phi) is 3.76. The van der Waals surface area contributed by atoms with E-state index < -0.39 is 0 Å². The highest BCUT2D eigenvalue weighted by atomic mass is 32.2. The summed E-state index contributed by atoms with van der Waals surface area (Å²) >= 11 is 1.16. The van der Waals surface area contributed by atoms with Gasteiger partial charge in [0.05, 0.1) is 7.11 Å². The van der Waals surface area contributed by atoms with Crippen molar-refractivity contribution in [2.24, 2.45) is 5.73 Å². The summed E-state index contributed by atoms with van der Waals surface area (Å²) in [6.07, 6.45) is 0. The summed E-state index contributed by atoms with van der Waals surface area (Å²) in [4.78, 5) is 0.363. The quantitative estimate of drug-likeness (QED) is 0.864. The van der Waals surface area contributed by atoms with Gasteiger partial charge in [-0.1, -0.05) is 0 Å². The summed E-state index contributed by atoms with van der Waals surface area (Å²) in [5.74, 6) is 2.26. The fourth-order valence-electron chi connectivity index (χ4n) is 1.79. The number of hydrogen-bond acceptors (Lipinski definition) is 8. The summed E-state index contributed by atoms with van der Waals surface area (Å²) in [6, 6.07) is 9.22. The number of nitriles is 1. The SMILES string of the molecule is COc1ccc(OCc2nnc3n2NC(N)=C(C#N)S3)cc1. The van der Waals surface area contributed by atoms with Crippen molar-refractivity contribution >= 4 is 11.8 Å². The van der Waals surface area contributed by atoms with Gasteiger partial charge in [0.25, 0.3) is 0 Å². The maximum Gasteiger partial charge on any atom is 0.216 e. The number of allylic oxidation sites excluding steroid dienone is 1. The molecule has 2 aromatic rings. The van der Waals surface area contributed by atoms with Gasteiger partial charge in [-0.15, -0.1) is 10.2 Å². The number of nitrogens with two attached hydrogens (primary N) is 1. The van der Waals surface area contributed by atoms with Crippen LogP contribution in [0.15, 0.2) is 40.1 Å². The number of methoxy groups -OCH3 is 1. The Morgan fingerprint density at radius 1 is 1.32 bits per heavy atom. The van der Waals surface area contributed by atoms with E-state index in [0.29, 0.717) is 21.6 Å². The van der Waals surface area contributed by atoms with E-state index in [1.807, 2.05) is 18.2 Å². The molecule has 112 valence electrons. The topological polar surface area (TPSA) is 111 Å². The number of aromatic nitrogens is 3. The first-order valence-corrected chi connectivity index (χ1v) is 7.09. The first kappa shape index (κ1) is 14.1. The molecule has 1 aliphatic heterocycles. The van der Waals surface area contributed by atoms with E-state index in [0.717, 1.165) is 17.5 Å². The van der Waals surface area contributed by atoms with Crippen molar-refractivity contribution in [1.29, 1.82) is 5.26 Å². The minimum atomic E-state index is 0.210. The van der Waals surface area contributed by atoms with Gasteiger partial charge >= 0.3 is 0 Å². The van der Waals surface area contributed by atoms with E-state index in [1.165, 1.54) is 0 Å². The third-order valence-electron chi connectivity index (χ3n) is 2.90. The van der Waals surface area contributed by atoms with Crippen LogP contribution in [0.25, 0.3) is 0 Å². The molecular weight excluding hydrogens is 304 g/mol. The third-order valence-corrected chi connectivity index (χ3v) is 3.86. The molecule has 0 fully saturated rings. The molecule has 3 N–H and O–H groups in total. The van der Waals surface area contributed by atoms with Gasteiger partial charge in [0.15, 0.2) is 5.82 Å². The monoisotopic (exact) mass is 316 g/mol. The zero-order valence-electron chi connectivity index (χ0n) is 11.6. The maximum atomic E-state index is 8.95. The van der Waals surface area contributed by atoms with Crippen LogP contribution < -0.4 is 20.6 Å². The molecule has 0 unspecified atom stereocenters. The summed E-state index contributed by atoms with van der Waals surface area (Å²) < 4.78 is 12.3. The van der Waals surface area contributed by atoms with Crippen molar-refractivity contribution in [2.45, 2.75) is 11.8 Å². The second-order valence-electron chi connectivity index (χ2n) is 4.27. The third kappa shape index (κ3) is 2.64. The predicted molar refractivity (Wildman–Crippen MR) is 79.4 cm³/mol. The Bertz CT molecular complexity index is 762. The first-order valence-electron chi connectivity index (χ1n) is 6.27. The molecular formula is C13H12N6O2S. The molecule has 0 amide bonds. The second kappa shape index (κ2) is 5.87. The van der Waals surface area contributed by atoms with Gasteiger partial charge in [-0.2, -0.15) is 5.26 Å². The molecule has 0 radical (unpaired) electrons. The Morgan fingerprint density at radius 2 is 2.05 bits per heavy atom. The van der Waals surface area contributed by atoms with Gasteiger partial charge in [-0.25, -0.2) is 4.68 Å². The number of fused-ring (bicyclic) bond motifs is 1. The molecule has 22 heavy (non-hydrogen) atoms. The molecule has 8 nitrogen and oxygen atoms in total. The van der Waals surface area contributed by atoms with E-state index in [4.69, 9.17) is 20.5 Å². The highest BCUT2D eigenvalue weighted by molar-refractivity contribution is 8.03. The number of ether oxygens (including phenoxy) is 2. The summed E-state index contributed by atoms with van der Waals surface area (Å²) in [7, 11) is 1.61. The molecule has 0 saturated heterocycles. The largest absolute Gasteiger partial charge is 0.497 e. The van der Waals surface area contributed by atoms with Gasteiger partial charge in [0.2, 0.25) is 5.16 Å². The fraction of sp³-hybridized carbons (Fsp3) is 0.154. The molecule has 2 heterocycles. The van der Waals surface area contributed by atoms with E-state index in [-0.39, 0.29) is 12.4 Å². The minimum absolute atomic E-state index is 0.210. The van der Waals surface area contributed by atoms with Crippen LogP contribution >= 0.6 is 11.8 Å². The Balaban J connectivity index is 1.71. The molecule has 0 saturated carbocycles. The van der Waals surface area contributed by atoms with Gasteiger partial charge < -0.3 is 15.2 Å². The van der Waals surface area contributed by atoms with E-state index in [9.17, 15) is 0 Å². The van der Waals surface area contributed by atoms with E-state index >= 15 is 0 Å². The standard InChI is InChI=1S/C13H12N6O2S/c1-20-8-2-4-9(5-3-8)21-7-11-16-17-13-19(11)18-12(15)10(6-14)22-13/h2-5,18H,7,15H2,1H3. The average molecular weight is 316 g/mol. The lowest BCUT2D eigenvalue weighted by Crippen LogP contribution is -2.27. The molecule has 0 bridgehead atoms. The van der Waals surface area contributed by atoms with Crippen molar-refractivity contribution < 1.29 is 9.47 Å². The highest BCUT2D eigenvalue weighted by Gasteiger charge is 2.22. The van der Waals surface area contributed by atoms with Gasteiger partial charge in [-0.3, -0.25) is 5.43 Å². The molecule has 0 aliphatic carbocycles. The van der Waals surface area contributed by atoms with E-state index in [1.54, 1.807) is 23.9 Å². The van der Waals surface area contributed by atoms with Crippen molar-refractivity contribution in [1.82, 2.24) is 14.9 Å². The van der Waals surface area contributed by atoms with Crippen LogP contribution in [-0.2, 0) is 6.61 Å². The molecule has 0 spiro atoms. The number of benzene rings is 1. The van der Waals surface area contributed by atoms with Crippen molar-refractivity contribution in [3.8, 4) is 17.6 Å². The molecule has 1 aliphatic rings. The number of thioether (sulfide) groups is 1. The van der Waals surface area contributed by atoms with Crippen LogP contribution in [-0.4, -0.2) is 22.0 Å². The van der Waals surface area contributed by atoms with Crippen LogP contribution in [0.2, 0.25) is 0 Å². The number of rotatable bonds is 4. The number of hydrogen-bond donors (Lipinski definition) is 2. The Hall–Kier alpha value is -2.86. The van der Waals surface area contributed by atoms with E-state index in [2.05, 4.69) is 15.6 Å². The predicted octanol–water partition coefficient (Wildman–Crippen LogP) is 1.17. The number of nitrogens with one attached hydrogen (secondary N) is 1. The molecule has 3 rings (SSSR count). The normalized spacial score (nSPS) is 13.1. The molecule has 1 aromatic carbocycles. The van der Waals surface area contributed by atoms with Gasteiger partial charge in [0.1, 0.15) is 34.9 Å². The molecule has 0 atom stereocenters. The highest BCUT2D eigenvalue weighted by Crippen LogP contribution is 2.29. The van der Waals surface area contributed by atoms with Crippen LogP contribution in [0.5, 0.6) is 11.5 Å².